The van der Waals surface area contributed by atoms with Crippen molar-refractivity contribution in [1.82, 2.24) is 5.32 Å². The molecule has 0 bridgehead atoms. The predicted octanol–water partition coefficient (Wildman–Crippen LogP) is 2.76. The fourth-order valence-corrected chi connectivity index (χ4v) is 2.27. The maximum Gasteiger partial charge on any atom is 0.165 e. The van der Waals surface area contributed by atoms with Crippen LogP contribution in [0.25, 0.3) is 0 Å². The molecule has 0 heterocycles. The van der Waals surface area contributed by atoms with Crippen LogP contribution in [-0.4, -0.2) is 21.3 Å². The van der Waals surface area contributed by atoms with Gasteiger partial charge in [-0.2, -0.15) is 0 Å². The van der Waals surface area contributed by atoms with Gasteiger partial charge in [0.05, 0.1) is 14.2 Å². The van der Waals surface area contributed by atoms with Gasteiger partial charge in [-0.1, -0.05) is 25.0 Å². The molecule has 0 radical (unpaired) electrons. The minimum atomic E-state index is 0.354. The summed E-state index contributed by atoms with van der Waals surface area (Å²) < 4.78 is 10.8. The van der Waals surface area contributed by atoms with Crippen molar-refractivity contribution in [1.29, 1.82) is 0 Å². The Bertz CT molecular complexity index is 374. The maximum absolute atomic E-state index is 5.49. The summed E-state index contributed by atoms with van der Waals surface area (Å²) in [6, 6.07) is 6.43. The van der Waals surface area contributed by atoms with Gasteiger partial charge in [0.25, 0.3) is 0 Å². The highest BCUT2D eigenvalue weighted by Crippen LogP contribution is 2.41. The van der Waals surface area contributed by atoms with Crippen LogP contribution in [0.5, 0.6) is 11.5 Å². The maximum atomic E-state index is 5.49. The molecular weight excluding hydrogens is 214 g/mol. The highest BCUT2D eigenvalue weighted by molar-refractivity contribution is 5.48. The highest BCUT2D eigenvalue weighted by Gasteiger charge is 2.27. The van der Waals surface area contributed by atoms with Crippen LogP contribution in [0.2, 0.25) is 0 Å². The third kappa shape index (κ3) is 2.72. The number of methoxy groups -OCH3 is 2. The first kappa shape index (κ1) is 12.2. The molecule has 1 N–H and O–H groups in total. The second-order valence-corrected chi connectivity index (χ2v) is 4.60. The van der Waals surface area contributed by atoms with Crippen LogP contribution in [0.3, 0.4) is 0 Å². The first-order valence-corrected chi connectivity index (χ1v) is 6.18. The van der Waals surface area contributed by atoms with Crippen molar-refractivity contribution in [2.45, 2.75) is 25.3 Å². The van der Waals surface area contributed by atoms with Crippen molar-refractivity contribution >= 4 is 0 Å². The Kier molecular flexibility index (Phi) is 3.89. The van der Waals surface area contributed by atoms with Gasteiger partial charge in [0.1, 0.15) is 0 Å². The number of hydrogen-bond acceptors (Lipinski definition) is 3. The average Bonchev–Trinajstić information content (AvgIpc) is 3.18. The normalized spacial score (nSPS) is 16.6. The molecule has 17 heavy (non-hydrogen) atoms. The first-order valence-electron chi connectivity index (χ1n) is 6.18. The van der Waals surface area contributed by atoms with Gasteiger partial charge in [-0.15, -0.1) is 0 Å². The van der Waals surface area contributed by atoms with Gasteiger partial charge in [-0.3, -0.25) is 0 Å². The molecule has 1 saturated carbocycles. The molecule has 3 nitrogen and oxygen atoms in total. The number of hydrogen-bond donors (Lipinski definition) is 1. The summed E-state index contributed by atoms with van der Waals surface area (Å²) in [5.41, 5.74) is 1.20. The summed E-state index contributed by atoms with van der Waals surface area (Å²) in [7, 11) is 5.38. The fourth-order valence-electron chi connectivity index (χ4n) is 2.27. The Balaban J connectivity index is 2.27. The molecule has 0 aromatic heterocycles. The second-order valence-electron chi connectivity index (χ2n) is 4.60. The summed E-state index contributed by atoms with van der Waals surface area (Å²) in [6.07, 6.45) is 3.91. The molecule has 94 valence electrons. The lowest BCUT2D eigenvalue weighted by molar-refractivity contribution is 0.345. The van der Waals surface area contributed by atoms with E-state index >= 15 is 0 Å². The number of benzene rings is 1. The van der Waals surface area contributed by atoms with E-state index in [1.807, 2.05) is 19.2 Å². The van der Waals surface area contributed by atoms with Crippen molar-refractivity contribution in [2.24, 2.45) is 5.92 Å². The van der Waals surface area contributed by atoms with Crippen LogP contribution in [-0.2, 0) is 0 Å². The minimum Gasteiger partial charge on any atom is -0.493 e. The molecule has 1 unspecified atom stereocenters. The molecule has 1 fully saturated rings. The molecule has 0 saturated heterocycles. The summed E-state index contributed by atoms with van der Waals surface area (Å²) in [5.74, 6) is 2.54. The average molecular weight is 235 g/mol. The van der Waals surface area contributed by atoms with Crippen molar-refractivity contribution < 1.29 is 9.47 Å². The molecule has 1 aromatic rings. The fraction of sp³-hybridized carbons (Fsp3) is 0.571. The monoisotopic (exact) mass is 235 g/mol. The van der Waals surface area contributed by atoms with E-state index in [-0.39, 0.29) is 0 Å². The zero-order valence-corrected chi connectivity index (χ0v) is 10.8. The van der Waals surface area contributed by atoms with Gasteiger partial charge in [0.2, 0.25) is 0 Å². The second kappa shape index (κ2) is 5.41. The summed E-state index contributed by atoms with van der Waals surface area (Å²) in [5, 5.41) is 3.38. The Labute approximate surface area is 103 Å². The van der Waals surface area contributed by atoms with E-state index in [0.717, 1.165) is 17.4 Å². The van der Waals surface area contributed by atoms with E-state index in [0.29, 0.717) is 6.04 Å². The Hall–Kier alpha value is -1.22. The minimum absolute atomic E-state index is 0.354. The Morgan fingerprint density at radius 1 is 1.29 bits per heavy atom. The van der Waals surface area contributed by atoms with Gasteiger partial charge in [0, 0.05) is 11.6 Å². The highest BCUT2D eigenvalue weighted by atomic mass is 16.5. The quantitative estimate of drug-likeness (QED) is 0.822. The molecule has 0 amide bonds. The van der Waals surface area contributed by atoms with Crippen molar-refractivity contribution in [3.63, 3.8) is 0 Å². The first-order chi connectivity index (χ1) is 8.30. The number of para-hydroxylation sites is 1. The Morgan fingerprint density at radius 2 is 2.06 bits per heavy atom. The molecule has 2 rings (SSSR count). The molecule has 1 atom stereocenters. The number of nitrogens with one attached hydrogen (secondary N) is 1. The molecule has 0 spiro atoms. The molecule has 1 aliphatic carbocycles. The van der Waals surface area contributed by atoms with Crippen LogP contribution < -0.4 is 14.8 Å². The van der Waals surface area contributed by atoms with Crippen molar-refractivity contribution in [2.75, 3.05) is 21.3 Å². The molecule has 0 aliphatic heterocycles. The van der Waals surface area contributed by atoms with Crippen LogP contribution in [0.15, 0.2) is 18.2 Å². The van der Waals surface area contributed by atoms with Gasteiger partial charge in [-0.25, -0.2) is 0 Å². The zero-order valence-electron chi connectivity index (χ0n) is 10.8. The number of rotatable bonds is 6. The molecule has 1 aliphatic rings. The topological polar surface area (TPSA) is 30.5 Å². The molecule has 3 heteroatoms. The third-order valence-electron chi connectivity index (χ3n) is 3.42. The van der Waals surface area contributed by atoms with E-state index in [1.54, 1.807) is 14.2 Å². The van der Waals surface area contributed by atoms with Gasteiger partial charge < -0.3 is 14.8 Å². The SMILES string of the molecule is CNC(CC1CC1)c1cccc(OC)c1OC. The molecular formula is C14H21NO2. The van der Waals surface area contributed by atoms with Gasteiger partial charge in [0.15, 0.2) is 11.5 Å². The lowest BCUT2D eigenvalue weighted by Crippen LogP contribution is -2.18. The third-order valence-corrected chi connectivity index (χ3v) is 3.42. The standard InChI is InChI=1S/C14H21NO2/c1-15-12(9-10-7-8-10)11-5-4-6-13(16-2)14(11)17-3/h4-6,10,12,15H,7-9H2,1-3H3. The molecule has 1 aromatic carbocycles. The van der Waals surface area contributed by atoms with Crippen LogP contribution in [0, 0.1) is 5.92 Å². The van der Waals surface area contributed by atoms with Gasteiger partial charge >= 0.3 is 0 Å². The lowest BCUT2D eigenvalue weighted by atomic mass is 10.00. The smallest absolute Gasteiger partial charge is 0.165 e. The van der Waals surface area contributed by atoms with E-state index in [2.05, 4.69) is 11.4 Å². The summed E-state index contributed by atoms with van der Waals surface area (Å²) in [6.45, 7) is 0. The Morgan fingerprint density at radius 3 is 2.59 bits per heavy atom. The van der Waals surface area contributed by atoms with E-state index in [4.69, 9.17) is 9.47 Å². The zero-order chi connectivity index (χ0) is 12.3. The van der Waals surface area contributed by atoms with Crippen LogP contribution >= 0.6 is 0 Å². The summed E-state index contributed by atoms with van der Waals surface area (Å²) >= 11 is 0. The van der Waals surface area contributed by atoms with Crippen molar-refractivity contribution in [3.8, 4) is 11.5 Å². The van der Waals surface area contributed by atoms with Gasteiger partial charge in [-0.05, 0) is 25.5 Å². The van der Waals surface area contributed by atoms with E-state index in [9.17, 15) is 0 Å². The van der Waals surface area contributed by atoms with E-state index < -0.39 is 0 Å². The van der Waals surface area contributed by atoms with E-state index in [1.165, 1.54) is 24.8 Å². The number of ether oxygens (including phenoxy) is 2. The largest absolute Gasteiger partial charge is 0.493 e. The predicted molar refractivity (Wildman–Crippen MR) is 68.7 cm³/mol. The van der Waals surface area contributed by atoms with Crippen LogP contribution in [0.1, 0.15) is 30.9 Å². The lowest BCUT2D eigenvalue weighted by Gasteiger charge is -2.20. The van der Waals surface area contributed by atoms with Crippen molar-refractivity contribution in [3.05, 3.63) is 23.8 Å². The van der Waals surface area contributed by atoms with Crippen LogP contribution in [0.4, 0.5) is 0 Å². The summed E-state index contributed by atoms with van der Waals surface area (Å²) in [4.78, 5) is 0.